The molecule has 0 fully saturated rings. The van der Waals surface area contributed by atoms with Crippen LogP contribution in [0.4, 0.5) is 0 Å². The standard InChI is InChI=1S/C19H18O2/c20-14-19(21,17-10-2-1-3-11-17)13-16-9-6-8-15-7-4-5-12-18(15)16/h1-12,20-21H,13-14H2/t19-/m0/s1. The first-order valence-corrected chi connectivity index (χ1v) is 7.08. The lowest BCUT2D eigenvalue weighted by atomic mass is 9.86. The average Bonchev–Trinajstić information content (AvgIpc) is 2.56. The third-order valence-corrected chi connectivity index (χ3v) is 3.94. The zero-order valence-corrected chi connectivity index (χ0v) is 11.7. The SMILES string of the molecule is OC[C@@](O)(Cc1cccc2ccccc12)c1ccccc1. The molecule has 0 aromatic heterocycles. The first-order chi connectivity index (χ1) is 10.2. The summed E-state index contributed by atoms with van der Waals surface area (Å²) in [6.07, 6.45) is 0.384. The van der Waals surface area contributed by atoms with Crippen LogP contribution >= 0.6 is 0 Å². The minimum atomic E-state index is -1.26. The number of aliphatic hydroxyl groups is 2. The van der Waals surface area contributed by atoms with Crippen molar-refractivity contribution in [1.82, 2.24) is 0 Å². The molecule has 2 heteroatoms. The second-order valence-corrected chi connectivity index (χ2v) is 5.37. The van der Waals surface area contributed by atoms with Crippen molar-refractivity contribution in [3.63, 3.8) is 0 Å². The second kappa shape index (κ2) is 5.68. The number of hydrogen-bond donors (Lipinski definition) is 2. The summed E-state index contributed by atoms with van der Waals surface area (Å²) in [5.41, 5.74) is 0.514. The lowest BCUT2D eigenvalue weighted by Gasteiger charge is -2.27. The van der Waals surface area contributed by atoms with Gasteiger partial charge in [0.2, 0.25) is 0 Å². The summed E-state index contributed by atoms with van der Waals surface area (Å²) >= 11 is 0. The van der Waals surface area contributed by atoms with Crippen LogP contribution in [0.3, 0.4) is 0 Å². The van der Waals surface area contributed by atoms with Gasteiger partial charge in [-0.1, -0.05) is 72.8 Å². The first-order valence-electron chi connectivity index (χ1n) is 7.08. The maximum atomic E-state index is 10.9. The summed E-state index contributed by atoms with van der Waals surface area (Å²) < 4.78 is 0. The number of rotatable bonds is 4. The van der Waals surface area contributed by atoms with Gasteiger partial charge in [-0.3, -0.25) is 0 Å². The summed E-state index contributed by atoms with van der Waals surface area (Å²) in [6, 6.07) is 23.5. The van der Waals surface area contributed by atoms with Crippen molar-refractivity contribution in [2.75, 3.05) is 6.61 Å². The maximum Gasteiger partial charge on any atom is 0.117 e. The molecule has 0 radical (unpaired) electrons. The molecule has 0 amide bonds. The van der Waals surface area contributed by atoms with Crippen LogP contribution in [0.2, 0.25) is 0 Å². The number of benzene rings is 3. The van der Waals surface area contributed by atoms with Crippen LogP contribution in [0.1, 0.15) is 11.1 Å². The summed E-state index contributed by atoms with van der Waals surface area (Å²) in [5, 5.41) is 22.8. The molecule has 0 aliphatic rings. The molecule has 0 heterocycles. The van der Waals surface area contributed by atoms with E-state index >= 15 is 0 Å². The molecule has 3 aromatic carbocycles. The molecule has 2 nitrogen and oxygen atoms in total. The number of aliphatic hydroxyl groups excluding tert-OH is 1. The molecule has 106 valence electrons. The zero-order chi connectivity index (χ0) is 14.7. The molecule has 0 aliphatic carbocycles. The Balaban J connectivity index is 2.04. The minimum Gasteiger partial charge on any atom is -0.393 e. The molecule has 3 rings (SSSR count). The zero-order valence-electron chi connectivity index (χ0n) is 11.7. The van der Waals surface area contributed by atoms with Crippen molar-refractivity contribution < 1.29 is 10.2 Å². The lowest BCUT2D eigenvalue weighted by Crippen LogP contribution is -2.32. The Morgan fingerprint density at radius 3 is 2.19 bits per heavy atom. The molecule has 2 N–H and O–H groups in total. The van der Waals surface area contributed by atoms with E-state index in [0.717, 1.165) is 21.9 Å². The Morgan fingerprint density at radius 1 is 0.762 bits per heavy atom. The topological polar surface area (TPSA) is 40.5 Å². The largest absolute Gasteiger partial charge is 0.393 e. The van der Waals surface area contributed by atoms with E-state index in [4.69, 9.17) is 0 Å². The van der Waals surface area contributed by atoms with E-state index in [2.05, 4.69) is 12.1 Å². The highest BCUT2D eigenvalue weighted by molar-refractivity contribution is 5.85. The van der Waals surface area contributed by atoms with E-state index in [1.807, 2.05) is 60.7 Å². The Bertz CT molecular complexity index is 731. The van der Waals surface area contributed by atoms with Gasteiger partial charge in [0.05, 0.1) is 6.61 Å². The van der Waals surface area contributed by atoms with Crippen molar-refractivity contribution >= 4 is 10.8 Å². The quantitative estimate of drug-likeness (QED) is 0.769. The Labute approximate surface area is 124 Å². The third kappa shape index (κ3) is 2.68. The molecule has 0 unspecified atom stereocenters. The van der Waals surface area contributed by atoms with Crippen molar-refractivity contribution in [2.45, 2.75) is 12.0 Å². The van der Waals surface area contributed by atoms with Gasteiger partial charge >= 0.3 is 0 Å². The van der Waals surface area contributed by atoms with Crippen LogP contribution in [0, 0.1) is 0 Å². The van der Waals surface area contributed by atoms with Gasteiger partial charge in [0.1, 0.15) is 5.60 Å². The normalized spacial score (nSPS) is 14.0. The molecule has 1 atom stereocenters. The molecule has 0 bridgehead atoms. The van der Waals surface area contributed by atoms with E-state index in [9.17, 15) is 10.2 Å². The van der Waals surface area contributed by atoms with Gasteiger partial charge in [0, 0.05) is 6.42 Å². The van der Waals surface area contributed by atoms with Crippen molar-refractivity contribution in [3.8, 4) is 0 Å². The fourth-order valence-electron chi connectivity index (χ4n) is 2.76. The predicted octanol–water partition coefficient (Wildman–Crippen LogP) is 3.26. The first kappa shape index (κ1) is 13.8. The molecule has 3 aromatic rings. The molecule has 21 heavy (non-hydrogen) atoms. The Kier molecular flexibility index (Phi) is 3.74. The van der Waals surface area contributed by atoms with Crippen LogP contribution in [0.15, 0.2) is 72.8 Å². The molecular formula is C19H18O2. The lowest BCUT2D eigenvalue weighted by molar-refractivity contribution is -0.0185. The number of fused-ring (bicyclic) bond motifs is 1. The van der Waals surface area contributed by atoms with Crippen LogP contribution in [-0.2, 0) is 12.0 Å². The van der Waals surface area contributed by atoms with Gasteiger partial charge in [-0.15, -0.1) is 0 Å². The fourth-order valence-corrected chi connectivity index (χ4v) is 2.76. The van der Waals surface area contributed by atoms with Crippen LogP contribution in [-0.4, -0.2) is 16.8 Å². The minimum absolute atomic E-state index is 0.305. The molecular weight excluding hydrogens is 260 g/mol. The van der Waals surface area contributed by atoms with Crippen molar-refractivity contribution in [3.05, 3.63) is 83.9 Å². The van der Waals surface area contributed by atoms with Gasteiger partial charge in [0.15, 0.2) is 0 Å². The van der Waals surface area contributed by atoms with Gasteiger partial charge in [0.25, 0.3) is 0 Å². The summed E-state index contributed by atoms with van der Waals surface area (Å²) in [5.74, 6) is 0. The fraction of sp³-hybridized carbons (Fsp3) is 0.158. The molecule has 0 saturated heterocycles. The van der Waals surface area contributed by atoms with Crippen LogP contribution < -0.4 is 0 Å². The van der Waals surface area contributed by atoms with E-state index in [-0.39, 0.29) is 6.61 Å². The van der Waals surface area contributed by atoms with E-state index in [0.29, 0.717) is 6.42 Å². The summed E-state index contributed by atoms with van der Waals surface area (Å²) in [6.45, 7) is -0.305. The predicted molar refractivity (Wildman–Crippen MR) is 85.1 cm³/mol. The van der Waals surface area contributed by atoms with Gasteiger partial charge in [-0.05, 0) is 21.9 Å². The monoisotopic (exact) mass is 278 g/mol. The van der Waals surface area contributed by atoms with Gasteiger partial charge < -0.3 is 10.2 Å². The average molecular weight is 278 g/mol. The highest BCUT2D eigenvalue weighted by Crippen LogP contribution is 2.29. The van der Waals surface area contributed by atoms with E-state index in [1.54, 1.807) is 0 Å². The molecule has 0 saturated carbocycles. The van der Waals surface area contributed by atoms with E-state index < -0.39 is 5.60 Å². The van der Waals surface area contributed by atoms with Gasteiger partial charge in [-0.25, -0.2) is 0 Å². The highest BCUT2D eigenvalue weighted by atomic mass is 16.3. The number of hydrogen-bond acceptors (Lipinski definition) is 2. The maximum absolute atomic E-state index is 10.9. The van der Waals surface area contributed by atoms with Crippen LogP contribution in [0.5, 0.6) is 0 Å². The van der Waals surface area contributed by atoms with Crippen molar-refractivity contribution in [1.29, 1.82) is 0 Å². The van der Waals surface area contributed by atoms with Crippen molar-refractivity contribution in [2.24, 2.45) is 0 Å². The highest BCUT2D eigenvalue weighted by Gasteiger charge is 2.29. The smallest absolute Gasteiger partial charge is 0.117 e. The Morgan fingerprint density at radius 2 is 1.43 bits per heavy atom. The summed E-state index contributed by atoms with van der Waals surface area (Å²) in [7, 11) is 0. The molecule has 0 aliphatic heterocycles. The Hall–Kier alpha value is -2.16. The van der Waals surface area contributed by atoms with Crippen LogP contribution in [0.25, 0.3) is 10.8 Å². The third-order valence-electron chi connectivity index (χ3n) is 3.94. The van der Waals surface area contributed by atoms with E-state index in [1.165, 1.54) is 0 Å². The second-order valence-electron chi connectivity index (χ2n) is 5.37. The molecule has 0 spiro atoms. The van der Waals surface area contributed by atoms with Gasteiger partial charge in [-0.2, -0.15) is 0 Å². The summed E-state index contributed by atoms with van der Waals surface area (Å²) in [4.78, 5) is 0.